The number of aromatic nitrogens is 1. The summed E-state index contributed by atoms with van der Waals surface area (Å²) in [5, 5.41) is 16.3. The lowest BCUT2D eigenvalue weighted by molar-refractivity contribution is 0.00821. The van der Waals surface area contributed by atoms with Gasteiger partial charge in [-0.25, -0.2) is 4.98 Å². The van der Waals surface area contributed by atoms with Crippen LogP contribution in [0, 0.1) is 0 Å². The van der Waals surface area contributed by atoms with Gasteiger partial charge in [0.15, 0.2) is 0 Å². The number of hydrogen-bond donors (Lipinski definition) is 1. The quantitative estimate of drug-likeness (QED) is 0.170. The molecule has 1 heterocycles. The molecular weight excluding hydrogens is 548 g/mol. The highest BCUT2D eigenvalue weighted by molar-refractivity contribution is 9.10. The number of fused-ring (bicyclic) bond motifs is 2. The van der Waals surface area contributed by atoms with Crippen molar-refractivity contribution in [1.29, 1.82) is 0 Å². The van der Waals surface area contributed by atoms with Crippen LogP contribution >= 0.6 is 15.9 Å². The highest BCUT2D eigenvalue weighted by Gasteiger charge is 2.42. The first-order chi connectivity index (χ1) is 18.9. The number of aliphatic hydroxyl groups is 1. The van der Waals surface area contributed by atoms with Gasteiger partial charge in [0.05, 0.1) is 12.6 Å². The molecule has 0 aliphatic heterocycles. The lowest BCUT2D eigenvalue weighted by Crippen LogP contribution is -2.35. The lowest BCUT2D eigenvalue weighted by Gasteiger charge is -2.39. The maximum absolute atomic E-state index is 13.2. The summed E-state index contributed by atoms with van der Waals surface area (Å²) in [6.07, 6.45) is 2.45. The highest BCUT2D eigenvalue weighted by Crippen LogP contribution is 2.49. The molecule has 5 aromatic rings. The minimum Gasteiger partial charge on any atom is -0.481 e. The first-order valence-corrected chi connectivity index (χ1v) is 14.2. The minimum atomic E-state index is -1.22. The number of halogens is 1. The summed E-state index contributed by atoms with van der Waals surface area (Å²) in [5.74, 6) is 0.125. The van der Waals surface area contributed by atoms with E-state index >= 15 is 0 Å². The summed E-state index contributed by atoms with van der Waals surface area (Å²) in [6, 6.07) is 33.0. The lowest BCUT2D eigenvalue weighted by atomic mass is 9.70. The van der Waals surface area contributed by atoms with Crippen LogP contribution in [-0.4, -0.2) is 42.7 Å². The molecule has 0 saturated heterocycles. The Morgan fingerprint density at radius 1 is 0.872 bits per heavy atom. The molecule has 0 radical (unpaired) electrons. The molecule has 0 saturated carbocycles. The fourth-order valence-electron chi connectivity index (χ4n) is 5.73. The first kappa shape index (κ1) is 27.3. The van der Waals surface area contributed by atoms with Gasteiger partial charge in [-0.15, -0.1) is 0 Å². The predicted molar refractivity (Wildman–Crippen MR) is 165 cm³/mol. The first-order valence-electron chi connectivity index (χ1n) is 13.4. The average molecular weight is 584 g/mol. The minimum absolute atomic E-state index is 0.408. The Morgan fingerprint density at radius 2 is 1.62 bits per heavy atom. The molecule has 39 heavy (non-hydrogen) atoms. The van der Waals surface area contributed by atoms with Gasteiger partial charge in [-0.1, -0.05) is 88.7 Å². The van der Waals surface area contributed by atoms with E-state index in [4.69, 9.17) is 9.72 Å². The zero-order valence-corrected chi connectivity index (χ0v) is 24.4. The Labute approximate surface area is 239 Å². The number of unbranched alkanes of at least 4 members (excludes halogenated alkanes) is 1. The Balaban J connectivity index is 1.78. The summed E-state index contributed by atoms with van der Waals surface area (Å²) >= 11 is 3.62. The van der Waals surface area contributed by atoms with Crippen LogP contribution in [0.1, 0.15) is 41.9 Å². The van der Waals surface area contributed by atoms with Gasteiger partial charge in [0, 0.05) is 21.3 Å². The van der Waals surface area contributed by atoms with Gasteiger partial charge < -0.3 is 14.7 Å². The second-order valence-electron chi connectivity index (χ2n) is 10.5. The van der Waals surface area contributed by atoms with Crippen LogP contribution in [0.3, 0.4) is 0 Å². The molecule has 4 nitrogen and oxygen atoms in total. The molecular formula is C34H35BrN2O2. The highest BCUT2D eigenvalue weighted by atomic mass is 79.9. The fraction of sp³-hybridized carbons (Fsp3) is 0.265. The van der Waals surface area contributed by atoms with Gasteiger partial charge in [-0.3, -0.25) is 0 Å². The second-order valence-corrected chi connectivity index (χ2v) is 11.4. The molecule has 0 aliphatic carbocycles. The summed E-state index contributed by atoms with van der Waals surface area (Å²) in [4.78, 5) is 7.10. The van der Waals surface area contributed by atoms with Gasteiger partial charge in [-0.05, 0) is 86.1 Å². The van der Waals surface area contributed by atoms with Gasteiger partial charge in [0.2, 0.25) is 5.88 Å². The molecule has 2 unspecified atom stereocenters. The third-order valence-electron chi connectivity index (χ3n) is 7.55. The molecule has 0 bridgehead atoms. The van der Waals surface area contributed by atoms with Gasteiger partial charge in [0.25, 0.3) is 0 Å². The zero-order valence-electron chi connectivity index (χ0n) is 22.8. The number of benzene rings is 4. The number of nitrogens with zero attached hydrogens (tertiary/aromatic N) is 2. The molecule has 5 rings (SSSR count). The normalized spacial score (nSPS) is 14.0. The van der Waals surface area contributed by atoms with Crippen LogP contribution < -0.4 is 4.74 Å². The zero-order chi connectivity index (χ0) is 27.4. The number of methoxy groups -OCH3 is 1. The van der Waals surface area contributed by atoms with Crippen molar-refractivity contribution in [3.05, 3.63) is 118 Å². The Hall–Kier alpha value is -3.25. The maximum atomic E-state index is 13.2. The topological polar surface area (TPSA) is 45.6 Å². The van der Waals surface area contributed by atoms with Crippen LogP contribution in [0.5, 0.6) is 5.88 Å². The molecule has 1 aromatic heterocycles. The van der Waals surface area contributed by atoms with E-state index in [-0.39, 0.29) is 0 Å². The molecule has 1 N–H and O–H groups in total. The molecule has 4 aromatic carbocycles. The van der Waals surface area contributed by atoms with Crippen molar-refractivity contribution >= 4 is 37.6 Å². The Morgan fingerprint density at radius 3 is 2.38 bits per heavy atom. The average Bonchev–Trinajstić information content (AvgIpc) is 2.95. The number of pyridine rings is 1. The van der Waals surface area contributed by atoms with Crippen molar-refractivity contribution in [2.75, 3.05) is 27.7 Å². The molecule has 200 valence electrons. The number of hydrogen-bond acceptors (Lipinski definition) is 4. The van der Waals surface area contributed by atoms with Gasteiger partial charge in [-0.2, -0.15) is 0 Å². The van der Waals surface area contributed by atoms with Crippen LogP contribution in [0.25, 0.3) is 21.7 Å². The van der Waals surface area contributed by atoms with Crippen molar-refractivity contribution in [2.24, 2.45) is 0 Å². The summed E-state index contributed by atoms with van der Waals surface area (Å²) in [5.41, 5.74) is 2.46. The monoisotopic (exact) mass is 582 g/mol. The molecule has 0 fully saturated rings. The third kappa shape index (κ3) is 5.72. The smallest absolute Gasteiger partial charge is 0.217 e. The van der Waals surface area contributed by atoms with E-state index in [2.05, 4.69) is 89.5 Å². The van der Waals surface area contributed by atoms with E-state index in [1.165, 1.54) is 0 Å². The standard InChI is InChI=1S/C34H35BrN2O2/c1-37(2)21-10-9-20-34(38,30-17-11-15-24-12-7-8-16-28(24)30)32(25-13-5-4-6-14-25)29-23-26-22-27(35)18-19-31(26)36-33(29)39-3/h4-8,11-19,22-23,32,38H,9-10,20-21H2,1-3H3. The van der Waals surface area contributed by atoms with E-state index < -0.39 is 11.5 Å². The van der Waals surface area contributed by atoms with Crippen molar-refractivity contribution in [3.63, 3.8) is 0 Å². The van der Waals surface area contributed by atoms with E-state index in [1.807, 2.05) is 42.5 Å². The van der Waals surface area contributed by atoms with E-state index in [0.29, 0.717) is 12.3 Å². The summed E-state index contributed by atoms with van der Waals surface area (Å²) < 4.78 is 6.90. The fourth-order valence-corrected chi connectivity index (χ4v) is 6.11. The van der Waals surface area contributed by atoms with Crippen LogP contribution in [-0.2, 0) is 5.60 Å². The van der Waals surface area contributed by atoms with Crippen molar-refractivity contribution in [2.45, 2.75) is 30.8 Å². The summed E-state index contributed by atoms with van der Waals surface area (Å²) in [6.45, 7) is 0.969. The number of rotatable bonds is 10. The molecule has 5 heteroatoms. The predicted octanol–water partition coefficient (Wildman–Crippen LogP) is 7.91. The second kappa shape index (κ2) is 11.9. The van der Waals surface area contributed by atoms with Crippen molar-refractivity contribution in [3.8, 4) is 5.88 Å². The van der Waals surface area contributed by atoms with Gasteiger partial charge in [0.1, 0.15) is 5.60 Å². The van der Waals surface area contributed by atoms with Crippen LogP contribution in [0.15, 0.2) is 102 Å². The molecule has 0 spiro atoms. The van der Waals surface area contributed by atoms with Crippen LogP contribution in [0.2, 0.25) is 0 Å². The van der Waals surface area contributed by atoms with E-state index in [1.54, 1.807) is 7.11 Å². The molecule has 0 aliphatic rings. The SMILES string of the molecule is COc1nc2ccc(Br)cc2cc1C(c1ccccc1)C(O)(CCCCN(C)C)c1cccc2ccccc12. The molecule has 0 amide bonds. The van der Waals surface area contributed by atoms with E-state index in [9.17, 15) is 5.11 Å². The largest absolute Gasteiger partial charge is 0.481 e. The Bertz CT molecular complexity index is 1570. The number of ether oxygens (including phenoxy) is 1. The van der Waals surface area contributed by atoms with Crippen molar-refractivity contribution in [1.82, 2.24) is 9.88 Å². The van der Waals surface area contributed by atoms with Crippen LogP contribution in [0.4, 0.5) is 0 Å². The van der Waals surface area contributed by atoms with Crippen molar-refractivity contribution < 1.29 is 9.84 Å². The van der Waals surface area contributed by atoms with Gasteiger partial charge >= 0.3 is 0 Å². The maximum Gasteiger partial charge on any atom is 0.217 e. The Kier molecular flexibility index (Phi) is 8.31. The summed E-state index contributed by atoms with van der Waals surface area (Å²) in [7, 11) is 5.84. The van der Waals surface area contributed by atoms with E-state index in [0.717, 1.165) is 62.2 Å². The molecule has 2 atom stereocenters. The third-order valence-corrected chi connectivity index (χ3v) is 8.05.